The van der Waals surface area contributed by atoms with Crippen molar-refractivity contribution < 1.29 is 35.4 Å². The van der Waals surface area contributed by atoms with Crippen LogP contribution in [0.25, 0.3) is 0 Å². The summed E-state index contributed by atoms with van der Waals surface area (Å²) >= 11 is 0. The van der Waals surface area contributed by atoms with Crippen LogP contribution in [0.4, 0.5) is 0 Å². The fraction of sp³-hybridized carbons (Fsp3) is 0.667. The van der Waals surface area contributed by atoms with Gasteiger partial charge in [0, 0.05) is 0 Å². The molecular formula is C3H10CaO7S. The van der Waals surface area contributed by atoms with Crippen molar-refractivity contribution in [3.05, 3.63) is 0 Å². The Morgan fingerprint density at radius 3 is 1.50 bits per heavy atom. The van der Waals surface area contributed by atoms with Gasteiger partial charge in [0.15, 0.2) is 0 Å². The maximum atomic E-state index is 9.45. The maximum Gasteiger partial charge on any atom is 2.00 e. The molecule has 4 N–H and O–H groups in total. The van der Waals surface area contributed by atoms with Crippen molar-refractivity contribution >= 4 is 54.1 Å². The molecule has 0 heterocycles. The van der Waals surface area contributed by atoms with Gasteiger partial charge in [-0.3, -0.25) is 9.11 Å². The summed E-state index contributed by atoms with van der Waals surface area (Å²) in [6.07, 6.45) is -1.23. The van der Waals surface area contributed by atoms with E-state index >= 15 is 0 Å². The first-order chi connectivity index (χ1) is 4.64. The zero-order valence-corrected chi connectivity index (χ0v) is 9.23. The number of carbonyl (C=O) groups is 1. The molecule has 0 bridgehead atoms. The molecule has 1 unspecified atom stereocenters. The third kappa shape index (κ3) is 46.4. The van der Waals surface area contributed by atoms with Gasteiger partial charge in [-0.25, -0.2) is 4.79 Å². The molecule has 0 amide bonds. The summed E-state index contributed by atoms with van der Waals surface area (Å²) in [5.41, 5.74) is 0. The van der Waals surface area contributed by atoms with Gasteiger partial charge in [-0.2, -0.15) is 8.42 Å². The minimum Gasteiger partial charge on any atom is -1.00 e. The number of carboxylic acid groups (broad SMARTS) is 1. The number of aliphatic hydroxyl groups excluding tert-OH is 1. The van der Waals surface area contributed by atoms with Crippen molar-refractivity contribution in [1.29, 1.82) is 0 Å². The van der Waals surface area contributed by atoms with Crippen LogP contribution in [-0.4, -0.2) is 77.5 Å². The van der Waals surface area contributed by atoms with E-state index in [-0.39, 0.29) is 40.6 Å². The van der Waals surface area contributed by atoms with E-state index < -0.39 is 22.5 Å². The Morgan fingerprint density at radius 1 is 1.42 bits per heavy atom. The van der Waals surface area contributed by atoms with Crippen LogP contribution in [-0.2, 0) is 15.2 Å². The Balaban J connectivity index is -0.0000000321. The van der Waals surface area contributed by atoms with Crippen LogP contribution in [0.15, 0.2) is 0 Å². The van der Waals surface area contributed by atoms with Crippen molar-refractivity contribution in [3.63, 3.8) is 0 Å². The molecule has 0 aromatic heterocycles. The molecule has 0 radical (unpaired) electrons. The predicted molar refractivity (Wildman–Crippen MR) is 41.5 cm³/mol. The smallest absolute Gasteiger partial charge is 1.00 e. The number of hydrogen-bond acceptors (Lipinski definition) is 4. The molecule has 0 rings (SSSR count). The van der Waals surface area contributed by atoms with Crippen LogP contribution in [0, 0.1) is 0 Å². The summed E-state index contributed by atoms with van der Waals surface area (Å²) in [7, 11) is -4.67. The van der Waals surface area contributed by atoms with Gasteiger partial charge in [0.1, 0.15) is 6.10 Å². The number of carboxylic acids is 1. The number of hydrogen-bond donors (Lipinski definition) is 4. The van der Waals surface area contributed by atoms with Gasteiger partial charge in [-0.05, 0) is 6.92 Å². The first kappa shape index (κ1) is 18.4. The largest absolute Gasteiger partial charge is 2.00 e. The zero-order chi connectivity index (χ0) is 9.65. The van der Waals surface area contributed by atoms with E-state index in [1.807, 2.05) is 0 Å². The molecule has 72 valence electrons. The van der Waals surface area contributed by atoms with E-state index in [9.17, 15) is 4.79 Å². The SMILES string of the molecule is CC(O)C(=O)O.O=S(=O)(O)O.[Ca+2].[H-].[H-]. The van der Waals surface area contributed by atoms with Crippen LogP contribution in [0.2, 0.25) is 0 Å². The van der Waals surface area contributed by atoms with E-state index in [4.69, 9.17) is 27.7 Å². The average Bonchev–Trinajstić information content (AvgIpc) is 1.59. The monoisotopic (exact) mass is 230 g/mol. The summed E-state index contributed by atoms with van der Waals surface area (Å²) in [4.78, 5) is 9.45. The van der Waals surface area contributed by atoms with Crippen LogP contribution >= 0.6 is 0 Å². The molecule has 0 aliphatic rings. The summed E-state index contributed by atoms with van der Waals surface area (Å²) in [5.74, 6) is -1.19. The van der Waals surface area contributed by atoms with Gasteiger partial charge in [0.2, 0.25) is 0 Å². The van der Waals surface area contributed by atoms with Gasteiger partial charge >= 0.3 is 54.1 Å². The first-order valence-electron chi connectivity index (χ1n) is 2.25. The van der Waals surface area contributed by atoms with Crippen molar-refractivity contribution in [1.82, 2.24) is 0 Å². The maximum absolute atomic E-state index is 9.45. The van der Waals surface area contributed by atoms with Crippen LogP contribution in [0.1, 0.15) is 9.78 Å². The second-order valence-electron chi connectivity index (χ2n) is 1.46. The Morgan fingerprint density at radius 2 is 1.50 bits per heavy atom. The Bertz CT molecular complexity index is 207. The summed E-state index contributed by atoms with van der Waals surface area (Å²) in [5, 5.41) is 15.8. The molecule has 0 aromatic rings. The topological polar surface area (TPSA) is 132 Å². The van der Waals surface area contributed by atoms with Gasteiger partial charge in [-0.1, -0.05) is 0 Å². The third-order valence-corrected chi connectivity index (χ3v) is 0.357. The van der Waals surface area contributed by atoms with Gasteiger partial charge in [0.25, 0.3) is 0 Å². The van der Waals surface area contributed by atoms with E-state index in [0.29, 0.717) is 0 Å². The molecule has 0 spiro atoms. The molecule has 7 nitrogen and oxygen atoms in total. The molecule has 9 heteroatoms. The molecule has 0 aliphatic heterocycles. The quantitative estimate of drug-likeness (QED) is 0.323. The fourth-order valence-electron chi connectivity index (χ4n) is 0. The number of rotatable bonds is 1. The molecular weight excluding hydrogens is 220 g/mol. The molecule has 12 heavy (non-hydrogen) atoms. The van der Waals surface area contributed by atoms with Gasteiger partial charge in [0.05, 0.1) is 0 Å². The average molecular weight is 230 g/mol. The Labute approximate surface area is 102 Å². The Hall–Kier alpha value is 0.560. The molecule has 0 saturated carbocycles. The van der Waals surface area contributed by atoms with Crippen LogP contribution in [0.5, 0.6) is 0 Å². The summed E-state index contributed by atoms with van der Waals surface area (Å²) < 4.78 is 31.6. The minimum absolute atomic E-state index is 0. The normalized spacial score (nSPS) is 11.7. The molecule has 0 fully saturated rings. The van der Waals surface area contributed by atoms with Crippen molar-refractivity contribution in [2.75, 3.05) is 0 Å². The van der Waals surface area contributed by atoms with Crippen LogP contribution < -0.4 is 0 Å². The molecule has 0 saturated heterocycles. The first-order valence-corrected chi connectivity index (χ1v) is 3.65. The number of aliphatic hydroxyl groups is 1. The second kappa shape index (κ2) is 8.17. The Kier molecular flexibility index (Phi) is 12.5. The number of aliphatic carboxylic acids is 1. The second-order valence-corrected chi connectivity index (χ2v) is 2.36. The van der Waals surface area contributed by atoms with E-state index in [1.54, 1.807) is 0 Å². The van der Waals surface area contributed by atoms with E-state index in [1.165, 1.54) is 6.92 Å². The van der Waals surface area contributed by atoms with Crippen molar-refractivity contribution in [3.8, 4) is 0 Å². The zero-order valence-electron chi connectivity index (χ0n) is 8.21. The molecule has 0 aromatic carbocycles. The van der Waals surface area contributed by atoms with Crippen LogP contribution in [0.3, 0.4) is 0 Å². The predicted octanol–water partition coefficient (Wildman–Crippen LogP) is -1.36. The van der Waals surface area contributed by atoms with Crippen molar-refractivity contribution in [2.45, 2.75) is 13.0 Å². The third-order valence-electron chi connectivity index (χ3n) is 0.357. The van der Waals surface area contributed by atoms with E-state index in [2.05, 4.69) is 0 Å². The summed E-state index contributed by atoms with van der Waals surface area (Å²) in [6.45, 7) is 1.20. The standard InChI is InChI=1S/C3H6O3.Ca.H2O4S.2H/c1-2(4)3(5)6;;1-5(2,3)4;;/h2,4H,1H3,(H,5,6);;(H2,1,2,3,4);;/q;+2;;2*-1. The minimum atomic E-state index is -4.67. The van der Waals surface area contributed by atoms with Crippen molar-refractivity contribution in [2.24, 2.45) is 0 Å². The summed E-state index contributed by atoms with van der Waals surface area (Å²) in [6, 6.07) is 0. The van der Waals surface area contributed by atoms with Gasteiger partial charge in [-0.15, -0.1) is 0 Å². The van der Waals surface area contributed by atoms with E-state index in [0.717, 1.165) is 0 Å². The fourth-order valence-corrected chi connectivity index (χ4v) is 0. The van der Waals surface area contributed by atoms with Gasteiger partial charge < -0.3 is 13.1 Å². The molecule has 1 atom stereocenters. The molecule has 0 aliphatic carbocycles.